The Bertz CT molecular complexity index is 479. The second-order valence-corrected chi connectivity index (χ2v) is 4.78. The van der Waals surface area contributed by atoms with Crippen LogP contribution in [0.5, 0.6) is 17.2 Å². The Morgan fingerprint density at radius 2 is 2.05 bits per heavy atom. The molecular weight excluding hydrogens is 248 g/mol. The molecule has 1 aromatic carbocycles. The number of methoxy groups -OCH3 is 2. The topological polar surface area (TPSA) is 76.0 Å². The zero-order chi connectivity index (χ0) is 14.0. The number of hydrogen-bond donors (Lipinski definition) is 2. The lowest BCUT2D eigenvalue weighted by Crippen LogP contribution is -2.09. The van der Waals surface area contributed by atoms with Crippen LogP contribution in [-0.4, -0.2) is 30.4 Å². The molecule has 1 unspecified atom stereocenters. The van der Waals surface area contributed by atoms with Crippen LogP contribution in [0.15, 0.2) is 12.1 Å². The van der Waals surface area contributed by atoms with Crippen molar-refractivity contribution in [2.75, 3.05) is 14.2 Å². The summed E-state index contributed by atoms with van der Waals surface area (Å²) in [5.41, 5.74) is 0.627. The van der Waals surface area contributed by atoms with Crippen molar-refractivity contribution in [3.8, 4) is 17.2 Å². The normalized spacial score (nSPS) is 15.9. The number of carboxylic acids is 1. The number of carboxylic acid groups (broad SMARTS) is 1. The second-order valence-electron chi connectivity index (χ2n) is 4.78. The Morgan fingerprint density at radius 1 is 1.37 bits per heavy atom. The van der Waals surface area contributed by atoms with Crippen LogP contribution in [0.3, 0.4) is 0 Å². The van der Waals surface area contributed by atoms with Gasteiger partial charge >= 0.3 is 5.97 Å². The summed E-state index contributed by atoms with van der Waals surface area (Å²) in [6.07, 6.45) is 2.03. The Balaban J connectivity index is 2.39. The predicted molar refractivity (Wildman–Crippen MR) is 68.9 cm³/mol. The molecule has 1 fully saturated rings. The monoisotopic (exact) mass is 266 g/mol. The molecule has 0 aliphatic heterocycles. The van der Waals surface area contributed by atoms with E-state index < -0.39 is 5.97 Å². The maximum Gasteiger partial charge on any atom is 0.303 e. The summed E-state index contributed by atoms with van der Waals surface area (Å²) in [6.45, 7) is 0. The Hall–Kier alpha value is -1.91. The van der Waals surface area contributed by atoms with Gasteiger partial charge in [-0.15, -0.1) is 0 Å². The molecule has 2 N–H and O–H groups in total. The molecule has 1 aliphatic carbocycles. The number of phenols is 1. The molecular formula is C14H18O5. The Kier molecular flexibility index (Phi) is 3.83. The van der Waals surface area contributed by atoms with Crippen LogP contribution < -0.4 is 9.47 Å². The first-order chi connectivity index (χ1) is 9.08. The molecule has 1 saturated carbocycles. The van der Waals surface area contributed by atoms with Crippen LogP contribution in [0.1, 0.15) is 30.7 Å². The van der Waals surface area contributed by atoms with Gasteiger partial charge in [-0.2, -0.15) is 0 Å². The van der Waals surface area contributed by atoms with E-state index in [1.807, 2.05) is 0 Å². The summed E-state index contributed by atoms with van der Waals surface area (Å²) in [6, 6.07) is 3.42. The van der Waals surface area contributed by atoms with E-state index in [2.05, 4.69) is 0 Å². The van der Waals surface area contributed by atoms with Gasteiger partial charge in [0.1, 0.15) is 0 Å². The lowest BCUT2D eigenvalue weighted by Gasteiger charge is -2.19. The number of ether oxygens (including phenoxy) is 2. The molecule has 0 heterocycles. The number of hydrogen-bond acceptors (Lipinski definition) is 4. The molecule has 104 valence electrons. The molecule has 1 aliphatic rings. The molecule has 0 saturated heterocycles. The average Bonchev–Trinajstić information content (AvgIpc) is 3.19. The standard InChI is InChI=1S/C14H18O5/c1-18-11-6-5-9(13(17)14(11)19-2)10(7-12(15)16)8-3-4-8/h5-6,8,10,17H,3-4,7H2,1-2H3,(H,15,16). The highest BCUT2D eigenvalue weighted by Crippen LogP contribution is 2.50. The van der Waals surface area contributed by atoms with Crippen LogP contribution >= 0.6 is 0 Å². The van der Waals surface area contributed by atoms with Crippen molar-refractivity contribution in [3.63, 3.8) is 0 Å². The number of aliphatic carboxylic acids is 1. The van der Waals surface area contributed by atoms with Crippen molar-refractivity contribution in [2.24, 2.45) is 5.92 Å². The number of phenolic OH excluding ortho intramolecular Hbond substituents is 1. The van der Waals surface area contributed by atoms with Gasteiger partial charge in [0.25, 0.3) is 0 Å². The SMILES string of the molecule is COc1ccc(C(CC(=O)O)C2CC2)c(O)c1OC. The van der Waals surface area contributed by atoms with Crippen molar-refractivity contribution >= 4 is 5.97 Å². The maximum absolute atomic E-state index is 11.0. The van der Waals surface area contributed by atoms with Crippen molar-refractivity contribution in [2.45, 2.75) is 25.2 Å². The third-order valence-electron chi connectivity index (χ3n) is 3.54. The zero-order valence-electron chi connectivity index (χ0n) is 11.0. The fraction of sp³-hybridized carbons (Fsp3) is 0.500. The lowest BCUT2D eigenvalue weighted by atomic mass is 9.90. The van der Waals surface area contributed by atoms with E-state index in [-0.39, 0.29) is 23.8 Å². The average molecular weight is 266 g/mol. The van der Waals surface area contributed by atoms with Gasteiger partial charge in [0.15, 0.2) is 11.5 Å². The van der Waals surface area contributed by atoms with Crippen molar-refractivity contribution in [1.29, 1.82) is 0 Å². The fourth-order valence-electron chi connectivity index (χ4n) is 2.44. The zero-order valence-corrected chi connectivity index (χ0v) is 11.0. The summed E-state index contributed by atoms with van der Waals surface area (Å²) in [5, 5.41) is 19.3. The van der Waals surface area contributed by atoms with Crippen LogP contribution in [-0.2, 0) is 4.79 Å². The molecule has 0 bridgehead atoms. The Labute approximate surface area is 111 Å². The van der Waals surface area contributed by atoms with Crippen LogP contribution in [0, 0.1) is 5.92 Å². The minimum absolute atomic E-state index is 0.0139. The van der Waals surface area contributed by atoms with Crippen LogP contribution in [0.25, 0.3) is 0 Å². The van der Waals surface area contributed by atoms with E-state index in [4.69, 9.17) is 14.6 Å². The molecule has 0 amide bonds. The van der Waals surface area contributed by atoms with Gasteiger partial charge in [-0.25, -0.2) is 0 Å². The number of rotatable bonds is 6. The van der Waals surface area contributed by atoms with E-state index in [1.165, 1.54) is 14.2 Å². The third kappa shape index (κ3) is 2.75. The van der Waals surface area contributed by atoms with E-state index in [9.17, 15) is 9.90 Å². The fourth-order valence-corrected chi connectivity index (χ4v) is 2.44. The summed E-state index contributed by atoms with van der Waals surface area (Å²) in [7, 11) is 2.94. The number of benzene rings is 1. The van der Waals surface area contributed by atoms with Crippen molar-refractivity contribution in [1.82, 2.24) is 0 Å². The van der Waals surface area contributed by atoms with Gasteiger partial charge in [0.2, 0.25) is 5.75 Å². The molecule has 0 spiro atoms. The minimum atomic E-state index is -0.855. The quantitative estimate of drug-likeness (QED) is 0.826. The highest BCUT2D eigenvalue weighted by atomic mass is 16.5. The maximum atomic E-state index is 11.0. The molecule has 2 rings (SSSR count). The van der Waals surface area contributed by atoms with Gasteiger partial charge in [-0.1, -0.05) is 6.07 Å². The van der Waals surface area contributed by atoms with Gasteiger partial charge in [-0.3, -0.25) is 4.79 Å². The van der Waals surface area contributed by atoms with Crippen LogP contribution in [0.4, 0.5) is 0 Å². The largest absolute Gasteiger partial charge is 0.504 e. The highest BCUT2D eigenvalue weighted by Gasteiger charge is 2.36. The van der Waals surface area contributed by atoms with Gasteiger partial charge < -0.3 is 19.7 Å². The molecule has 0 aromatic heterocycles. The van der Waals surface area contributed by atoms with E-state index >= 15 is 0 Å². The predicted octanol–water partition coefficient (Wildman–Crippen LogP) is 2.38. The van der Waals surface area contributed by atoms with Gasteiger partial charge in [0, 0.05) is 11.5 Å². The molecule has 5 heteroatoms. The van der Waals surface area contributed by atoms with Crippen LogP contribution in [0.2, 0.25) is 0 Å². The molecule has 1 aromatic rings. The summed E-state index contributed by atoms with van der Waals surface area (Å²) < 4.78 is 10.2. The second kappa shape index (κ2) is 5.38. The van der Waals surface area contributed by atoms with E-state index in [0.29, 0.717) is 17.2 Å². The smallest absolute Gasteiger partial charge is 0.303 e. The summed E-state index contributed by atoms with van der Waals surface area (Å²) >= 11 is 0. The molecule has 19 heavy (non-hydrogen) atoms. The first kappa shape index (κ1) is 13.5. The molecule has 0 radical (unpaired) electrons. The summed E-state index contributed by atoms with van der Waals surface area (Å²) in [5.74, 6) is -0.00634. The summed E-state index contributed by atoms with van der Waals surface area (Å²) in [4.78, 5) is 11.0. The Morgan fingerprint density at radius 3 is 2.53 bits per heavy atom. The minimum Gasteiger partial charge on any atom is -0.504 e. The van der Waals surface area contributed by atoms with E-state index in [0.717, 1.165) is 12.8 Å². The number of aromatic hydroxyl groups is 1. The third-order valence-corrected chi connectivity index (χ3v) is 3.54. The first-order valence-electron chi connectivity index (χ1n) is 6.24. The first-order valence-corrected chi connectivity index (χ1v) is 6.24. The van der Waals surface area contributed by atoms with Crippen molar-refractivity contribution in [3.05, 3.63) is 17.7 Å². The lowest BCUT2D eigenvalue weighted by molar-refractivity contribution is -0.137. The van der Waals surface area contributed by atoms with E-state index in [1.54, 1.807) is 12.1 Å². The van der Waals surface area contributed by atoms with Gasteiger partial charge in [0.05, 0.1) is 20.6 Å². The van der Waals surface area contributed by atoms with Gasteiger partial charge in [-0.05, 0) is 24.8 Å². The highest BCUT2D eigenvalue weighted by molar-refractivity contribution is 5.69. The molecule has 5 nitrogen and oxygen atoms in total. The number of carbonyl (C=O) groups is 1. The molecule has 1 atom stereocenters. The van der Waals surface area contributed by atoms with Crippen molar-refractivity contribution < 1.29 is 24.5 Å².